The number of rotatable bonds is 4. The molecule has 4 unspecified atom stereocenters. The largest absolute Gasteiger partial charge is 0.313 e. The standard InChI is InChI=1S/C19H29NS/c1-4-20-19(16-10-13(2)9-14(3)11-16)18-12-15-7-5-6-8-17(15)21-18/h5-8,13-14,16,18-20H,4,9-12H2,1-3H3. The lowest BCUT2D eigenvalue weighted by molar-refractivity contribution is 0.175. The molecule has 1 heterocycles. The van der Waals surface area contributed by atoms with Crippen LogP contribution in [0.5, 0.6) is 0 Å². The Balaban J connectivity index is 1.73. The lowest BCUT2D eigenvalue weighted by Gasteiger charge is -2.39. The number of benzene rings is 1. The fourth-order valence-electron chi connectivity index (χ4n) is 4.55. The van der Waals surface area contributed by atoms with Crippen LogP contribution in [0.2, 0.25) is 0 Å². The Hall–Kier alpha value is -0.470. The van der Waals surface area contributed by atoms with Gasteiger partial charge in [0.25, 0.3) is 0 Å². The molecule has 2 aliphatic rings. The average molecular weight is 304 g/mol. The molecular formula is C19H29NS. The van der Waals surface area contributed by atoms with Crippen LogP contribution in [0.15, 0.2) is 29.2 Å². The van der Waals surface area contributed by atoms with Crippen LogP contribution in [0.1, 0.15) is 45.6 Å². The van der Waals surface area contributed by atoms with Crippen molar-refractivity contribution in [1.29, 1.82) is 0 Å². The first-order chi connectivity index (χ1) is 10.2. The van der Waals surface area contributed by atoms with Gasteiger partial charge >= 0.3 is 0 Å². The van der Waals surface area contributed by atoms with E-state index in [2.05, 4.69) is 62.1 Å². The van der Waals surface area contributed by atoms with E-state index in [1.807, 2.05) is 0 Å². The molecule has 0 spiro atoms. The van der Waals surface area contributed by atoms with Crippen LogP contribution in [0.25, 0.3) is 0 Å². The molecule has 1 fully saturated rings. The molecule has 3 rings (SSSR count). The quantitative estimate of drug-likeness (QED) is 0.861. The summed E-state index contributed by atoms with van der Waals surface area (Å²) in [6.07, 6.45) is 5.50. The molecule has 0 radical (unpaired) electrons. The molecule has 0 aromatic heterocycles. The maximum Gasteiger partial charge on any atom is 0.0291 e. The molecule has 2 heteroatoms. The Morgan fingerprint density at radius 2 is 1.86 bits per heavy atom. The molecule has 0 amide bonds. The van der Waals surface area contributed by atoms with Crippen molar-refractivity contribution in [2.24, 2.45) is 17.8 Å². The Morgan fingerprint density at radius 1 is 1.14 bits per heavy atom. The zero-order chi connectivity index (χ0) is 14.8. The Morgan fingerprint density at radius 3 is 2.52 bits per heavy atom. The zero-order valence-corrected chi connectivity index (χ0v) is 14.5. The smallest absolute Gasteiger partial charge is 0.0291 e. The highest BCUT2D eigenvalue weighted by atomic mass is 32.2. The van der Waals surface area contributed by atoms with Gasteiger partial charge in [-0.2, -0.15) is 0 Å². The fraction of sp³-hybridized carbons (Fsp3) is 0.684. The van der Waals surface area contributed by atoms with E-state index in [-0.39, 0.29) is 0 Å². The summed E-state index contributed by atoms with van der Waals surface area (Å²) >= 11 is 2.12. The molecule has 4 atom stereocenters. The van der Waals surface area contributed by atoms with Crippen LogP contribution in [0.4, 0.5) is 0 Å². The maximum absolute atomic E-state index is 3.85. The highest BCUT2D eigenvalue weighted by molar-refractivity contribution is 8.00. The summed E-state index contributed by atoms with van der Waals surface area (Å²) in [5.74, 6) is 2.65. The third-order valence-electron chi connectivity index (χ3n) is 5.24. The van der Waals surface area contributed by atoms with Gasteiger partial charge in [0.15, 0.2) is 0 Å². The van der Waals surface area contributed by atoms with Gasteiger partial charge in [-0.1, -0.05) is 39.0 Å². The number of hydrogen-bond acceptors (Lipinski definition) is 2. The van der Waals surface area contributed by atoms with E-state index < -0.39 is 0 Å². The average Bonchev–Trinajstić information content (AvgIpc) is 2.87. The van der Waals surface area contributed by atoms with Gasteiger partial charge in [0.2, 0.25) is 0 Å². The molecule has 1 aliphatic heterocycles. The van der Waals surface area contributed by atoms with Crippen LogP contribution >= 0.6 is 11.8 Å². The SMILES string of the molecule is CCNC(C1CC(C)CC(C)C1)C1Cc2ccccc2S1. The van der Waals surface area contributed by atoms with Crippen molar-refractivity contribution in [3.05, 3.63) is 29.8 Å². The second-order valence-electron chi connectivity index (χ2n) is 7.23. The van der Waals surface area contributed by atoms with E-state index >= 15 is 0 Å². The highest BCUT2D eigenvalue weighted by Crippen LogP contribution is 2.43. The predicted octanol–water partition coefficient (Wildman–Crippen LogP) is 4.75. The van der Waals surface area contributed by atoms with Crippen molar-refractivity contribution < 1.29 is 0 Å². The Labute approximate surface area is 134 Å². The molecule has 21 heavy (non-hydrogen) atoms. The first-order valence-electron chi connectivity index (χ1n) is 8.65. The number of nitrogens with one attached hydrogen (secondary N) is 1. The van der Waals surface area contributed by atoms with Crippen molar-refractivity contribution in [2.45, 2.75) is 62.6 Å². The molecule has 1 nitrogen and oxygen atoms in total. The summed E-state index contributed by atoms with van der Waals surface area (Å²) in [7, 11) is 0. The fourth-order valence-corrected chi connectivity index (χ4v) is 6.06. The molecule has 1 saturated carbocycles. The summed E-state index contributed by atoms with van der Waals surface area (Å²) < 4.78 is 0. The van der Waals surface area contributed by atoms with Gasteiger partial charge in [-0.3, -0.25) is 0 Å². The van der Waals surface area contributed by atoms with Crippen molar-refractivity contribution in [3.63, 3.8) is 0 Å². The molecule has 0 bridgehead atoms. The molecule has 1 aliphatic carbocycles. The van der Waals surface area contributed by atoms with Crippen LogP contribution < -0.4 is 5.32 Å². The summed E-state index contributed by atoms with van der Waals surface area (Å²) in [4.78, 5) is 1.52. The Kier molecular flexibility index (Phi) is 4.96. The van der Waals surface area contributed by atoms with Crippen LogP contribution in [0, 0.1) is 17.8 Å². The maximum atomic E-state index is 3.85. The summed E-state index contributed by atoms with van der Waals surface area (Å²) in [5.41, 5.74) is 1.56. The minimum absolute atomic E-state index is 0.678. The molecular weight excluding hydrogens is 274 g/mol. The van der Waals surface area contributed by atoms with E-state index in [0.29, 0.717) is 6.04 Å². The van der Waals surface area contributed by atoms with Crippen molar-refractivity contribution in [1.82, 2.24) is 5.32 Å². The van der Waals surface area contributed by atoms with E-state index in [4.69, 9.17) is 0 Å². The number of hydrogen-bond donors (Lipinski definition) is 1. The summed E-state index contributed by atoms with van der Waals surface area (Å²) in [6, 6.07) is 9.67. The van der Waals surface area contributed by atoms with Gasteiger partial charge in [0.1, 0.15) is 0 Å². The molecule has 0 saturated heterocycles. The molecule has 1 N–H and O–H groups in total. The third kappa shape index (κ3) is 3.48. The van der Waals surface area contributed by atoms with E-state index in [0.717, 1.165) is 29.5 Å². The predicted molar refractivity (Wildman–Crippen MR) is 92.9 cm³/mol. The number of fused-ring (bicyclic) bond motifs is 1. The van der Waals surface area contributed by atoms with Crippen LogP contribution in [-0.2, 0) is 6.42 Å². The van der Waals surface area contributed by atoms with E-state index in [1.54, 1.807) is 5.56 Å². The van der Waals surface area contributed by atoms with E-state index in [1.165, 1.54) is 30.6 Å². The second-order valence-corrected chi connectivity index (χ2v) is 8.51. The first-order valence-corrected chi connectivity index (χ1v) is 9.53. The van der Waals surface area contributed by atoms with Gasteiger partial charge in [0.05, 0.1) is 0 Å². The minimum atomic E-state index is 0.678. The molecule has 1 aromatic rings. The number of thioether (sulfide) groups is 1. The van der Waals surface area contributed by atoms with Gasteiger partial charge in [-0.25, -0.2) is 0 Å². The minimum Gasteiger partial charge on any atom is -0.313 e. The Bertz CT molecular complexity index is 437. The van der Waals surface area contributed by atoms with Gasteiger partial charge < -0.3 is 5.32 Å². The molecule has 1 aromatic carbocycles. The summed E-state index contributed by atoms with van der Waals surface area (Å²) in [5, 5.41) is 4.58. The summed E-state index contributed by atoms with van der Waals surface area (Å²) in [6.45, 7) is 8.25. The second kappa shape index (κ2) is 6.75. The lowest BCUT2D eigenvalue weighted by atomic mass is 9.72. The first kappa shape index (κ1) is 15.4. The molecule has 116 valence electrons. The highest BCUT2D eigenvalue weighted by Gasteiger charge is 2.37. The third-order valence-corrected chi connectivity index (χ3v) is 6.65. The van der Waals surface area contributed by atoms with Crippen LogP contribution in [-0.4, -0.2) is 17.8 Å². The normalized spacial score (nSPS) is 33.7. The monoisotopic (exact) mass is 303 g/mol. The van der Waals surface area contributed by atoms with Gasteiger partial charge in [0, 0.05) is 16.2 Å². The van der Waals surface area contributed by atoms with Gasteiger partial charge in [-0.05, 0) is 61.6 Å². The van der Waals surface area contributed by atoms with Crippen LogP contribution in [0.3, 0.4) is 0 Å². The van der Waals surface area contributed by atoms with Crippen molar-refractivity contribution in [2.75, 3.05) is 6.54 Å². The van der Waals surface area contributed by atoms with E-state index in [9.17, 15) is 0 Å². The lowest BCUT2D eigenvalue weighted by Crippen LogP contribution is -2.46. The zero-order valence-electron chi connectivity index (χ0n) is 13.6. The van der Waals surface area contributed by atoms with Crippen molar-refractivity contribution >= 4 is 11.8 Å². The van der Waals surface area contributed by atoms with Gasteiger partial charge in [-0.15, -0.1) is 11.8 Å². The topological polar surface area (TPSA) is 12.0 Å². The van der Waals surface area contributed by atoms with Crippen molar-refractivity contribution in [3.8, 4) is 0 Å².